The van der Waals surface area contributed by atoms with Crippen LogP contribution in [-0.4, -0.2) is 4.98 Å². The Balaban J connectivity index is 2.54. The molecule has 0 saturated carbocycles. The van der Waals surface area contributed by atoms with Crippen LogP contribution in [0.1, 0.15) is 11.3 Å². The van der Waals surface area contributed by atoms with E-state index in [2.05, 4.69) is 4.98 Å². The maximum Gasteiger partial charge on any atom is 0.433 e. The minimum atomic E-state index is -5.02. The molecule has 0 saturated heterocycles. The second-order valence-corrected chi connectivity index (χ2v) is 5.09. The highest BCUT2D eigenvalue weighted by Gasteiger charge is 2.44. The number of rotatable bonds is 1. The van der Waals surface area contributed by atoms with Crippen molar-refractivity contribution in [3.05, 3.63) is 65.9 Å². The lowest BCUT2D eigenvalue weighted by molar-refractivity contribution is -0.143. The molecule has 0 aliphatic carbocycles. The Morgan fingerprint density at radius 1 is 0.667 bits per heavy atom. The fraction of sp³-hybridized carbons (Fsp3) is 0.118. The van der Waals surface area contributed by atoms with Crippen molar-refractivity contribution in [2.45, 2.75) is 12.4 Å². The molecule has 1 heterocycles. The zero-order valence-corrected chi connectivity index (χ0v) is 11.9. The van der Waals surface area contributed by atoms with Crippen LogP contribution in [0.15, 0.2) is 54.6 Å². The fourth-order valence-electron chi connectivity index (χ4n) is 2.60. The average molecular weight is 341 g/mol. The van der Waals surface area contributed by atoms with E-state index in [1.807, 2.05) is 0 Å². The van der Waals surface area contributed by atoms with E-state index in [0.29, 0.717) is 0 Å². The Morgan fingerprint density at radius 3 is 1.83 bits per heavy atom. The van der Waals surface area contributed by atoms with Gasteiger partial charge in [0, 0.05) is 10.9 Å². The summed E-state index contributed by atoms with van der Waals surface area (Å²) in [5.41, 5.74) is -4.35. The van der Waals surface area contributed by atoms with Crippen molar-refractivity contribution < 1.29 is 26.3 Å². The van der Waals surface area contributed by atoms with E-state index in [1.54, 1.807) is 0 Å². The molecule has 0 N–H and O–H groups in total. The van der Waals surface area contributed by atoms with Gasteiger partial charge in [-0.3, -0.25) is 0 Å². The van der Waals surface area contributed by atoms with Gasteiger partial charge in [0.15, 0.2) is 5.69 Å². The summed E-state index contributed by atoms with van der Waals surface area (Å²) in [5.74, 6) is 0. The Hall–Kier alpha value is -2.57. The first-order chi connectivity index (χ1) is 11.2. The predicted octanol–water partition coefficient (Wildman–Crippen LogP) is 5.94. The molecule has 0 aliphatic rings. The molecule has 1 aromatic heterocycles. The van der Waals surface area contributed by atoms with Crippen LogP contribution in [0.4, 0.5) is 26.3 Å². The van der Waals surface area contributed by atoms with Crippen molar-refractivity contribution in [2.75, 3.05) is 0 Å². The number of nitrogens with zero attached hydrogens (tertiary/aromatic N) is 1. The maximum atomic E-state index is 13.6. The van der Waals surface area contributed by atoms with Crippen molar-refractivity contribution in [3.63, 3.8) is 0 Å². The summed E-state index contributed by atoms with van der Waals surface area (Å²) in [6.07, 6.45) is -9.98. The molecule has 0 bridgehead atoms. The van der Waals surface area contributed by atoms with E-state index >= 15 is 0 Å². The molecular weight excluding hydrogens is 332 g/mol. The van der Waals surface area contributed by atoms with E-state index in [9.17, 15) is 26.3 Å². The van der Waals surface area contributed by atoms with Crippen LogP contribution in [0.3, 0.4) is 0 Å². The first-order valence-corrected chi connectivity index (χ1v) is 6.82. The number of hydrogen-bond acceptors (Lipinski definition) is 1. The third-order valence-corrected chi connectivity index (χ3v) is 3.51. The van der Waals surface area contributed by atoms with Crippen LogP contribution in [0.25, 0.3) is 22.0 Å². The number of aromatic nitrogens is 1. The number of halogens is 6. The maximum absolute atomic E-state index is 13.6. The van der Waals surface area contributed by atoms with Gasteiger partial charge in [-0.2, -0.15) is 26.3 Å². The standard InChI is InChI=1S/C17H9F6N/c18-16(19,20)14-11-8-4-5-9-12(11)24-15(17(21,22)23)13(14)10-6-2-1-3-7-10/h1-9H. The summed E-state index contributed by atoms with van der Waals surface area (Å²) >= 11 is 0. The molecule has 0 aliphatic heterocycles. The van der Waals surface area contributed by atoms with E-state index in [1.165, 1.54) is 42.5 Å². The van der Waals surface area contributed by atoms with E-state index < -0.39 is 29.2 Å². The monoisotopic (exact) mass is 341 g/mol. The van der Waals surface area contributed by atoms with E-state index in [-0.39, 0.29) is 16.5 Å². The second kappa shape index (κ2) is 5.51. The Morgan fingerprint density at radius 2 is 1.25 bits per heavy atom. The largest absolute Gasteiger partial charge is 0.433 e. The topological polar surface area (TPSA) is 12.9 Å². The Bertz CT molecular complexity index is 881. The van der Waals surface area contributed by atoms with Gasteiger partial charge in [-0.05, 0) is 11.6 Å². The molecule has 1 nitrogen and oxygen atoms in total. The van der Waals surface area contributed by atoms with Crippen molar-refractivity contribution in [1.29, 1.82) is 0 Å². The van der Waals surface area contributed by atoms with Gasteiger partial charge < -0.3 is 0 Å². The summed E-state index contributed by atoms with van der Waals surface area (Å²) in [4.78, 5) is 3.47. The first-order valence-electron chi connectivity index (χ1n) is 6.82. The quantitative estimate of drug-likeness (QED) is 0.499. The van der Waals surface area contributed by atoms with Gasteiger partial charge in [-0.25, -0.2) is 4.98 Å². The average Bonchev–Trinajstić information content (AvgIpc) is 2.52. The SMILES string of the molecule is FC(F)(F)c1nc2ccccc2c(C(F)(F)F)c1-c1ccccc1. The number of para-hydroxylation sites is 1. The molecule has 0 atom stereocenters. The van der Waals surface area contributed by atoms with Crippen LogP contribution in [0.2, 0.25) is 0 Å². The zero-order valence-electron chi connectivity index (χ0n) is 11.9. The molecule has 2 aromatic carbocycles. The smallest absolute Gasteiger partial charge is 0.243 e. The second-order valence-electron chi connectivity index (χ2n) is 5.09. The van der Waals surface area contributed by atoms with Crippen molar-refractivity contribution in [1.82, 2.24) is 4.98 Å². The summed E-state index contributed by atoms with van der Waals surface area (Å²) in [6, 6.07) is 11.6. The highest BCUT2D eigenvalue weighted by Crippen LogP contribution is 2.46. The van der Waals surface area contributed by atoms with Gasteiger partial charge in [0.2, 0.25) is 0 Å². The summed E-state index contributed by atoms with van der Waals surface area (Å²) < 4.78 is 81.1. The number of hydrogen-bond donors (Lipinski definition) is 0. The molecule has 24 heavy (non-hydrogen) atoms. The number of benzene rings is 2. The van der Waals surface area contributed by atoms with E-state index in [4.69, 9.17) is 0 Å². The van der Waals surface area contributed by atoms with Crippen LogP contribution >= 0.6 is 0 Å². The molecule has 3 aromatic rings. The van der Waals surface area contributed by atoms with Crippen LogP contribution < -0.4 is 0 Å². The fourth-order valence-corrected chi connectivity index (χ4v) is 2.60. The van der Waals surface area contributed by atoms with Crippen LogP contribution in [-0.2, 0) is 12.4 Å². The molecule has 0 spiro atoms. The summed E-state index contributed by atoms with van der Waals surface area (Å²) in [7, 11) is 0. The summed E-state index contributed by atoms with van der Waals surface area (Å²) in [5, 5.41) is -0.364. The minimum Gasteiger partial charge on any atom is -0.243 e. The first kappa shape index (κ1) is 16.3. The van der Waals surface area contributed by atoms with Gasteiger partial charge in [0.1, 0.15) is 0 Å². The number of fused-ring (bicyclic) bond motifs is 1. The molecular formula is C17H9F6N. The third kappa shape index (κ3) is 2.81. The van der Waals surface area contributed by atoms with Crippen molar-refractivity contribution in [3.8, 4) is 11.1 Å². The highest BCUT2D eigenvalue weighted by atomic mass is 19.4. The molecule has 0 amide bonds. The van der Waals surface area contributed by atoms with Gasteiger partial charge in [0.05, 0.1) is 11.1 Å². The van der Waals surface area contributed by atoms with Crippen molar-refractivity contribution in [2.24, 2.45) is 0 Å². The highest BCUT2D eigenvalue weighted by molar-refractivity contribution is 5.90. The predicted molar refractivity (Wildman–Crippen MR) is 77.2 cm³/mol. The number of alkyl halides is 6. The molecule has 0 radical (unpaired) electrons. The molecule has 0 unspecified atom stereocenters. The number of pyridine rings is 1. The Labute approximate surface area is 132 Å². The van der Waals surface area contributed by atoms with Gasteiger partial charge in [-0.1, -0.05) is 48.5 Å². The van der Waals surface area contributed by atoms with Gasteiger partial charge in [-0.15, -0.1) is 0 Å². The van der Waals surface area contributed by atoms with E-state index in [0.717, 1.165) is 12.1 Å². The van der Waals surface area contributed by atoms with Gasteiger partial charge in [0.25, 0.3) is 0 Å². The normalized spacial score (nSPS) is 12.6. The zero-order chi connectivity index (χ0) is 17.5. The van der Waals surface area contributed by atoms with Crippen molar-refractivity contribution >= 4 is 10.9 Å². The molecule has 124 valence electrons. The molecule has 7 heteroatoms. The Kier molecular flexibility index (Phi) is 3.74. The lowest BCUT2D eigenvalue weighted by Gasteiger charge is -2.20. The lowest BCUT2D eigenvalue weighted by atomic mass is 9.94. The lowest BCUT2D eigenvalue weighted by Crippen LogP contribution is -2.17. The molecule has 0 fully saturated rings. The molecule has 3 rings (SSSR count). The van der Waals surface area contributed by atoms with Crippen LogP contribution in [0.5, 0.6) is 0 Å². The third-order valence-electron chi connectivity index (χ3n) is 3.51. The van der Waals surface area contributed by atoms with Gasteiger partial charge >= 0.3 is 12.4 Å². The van der Waals surface area contributed by atoms with Crippen LogP contribution in [0, 0.1) is 0 Å². The minimum absolute atomic E-state index is 0.185. The summed E-state index contributed by atoms with van der Waals surface area (Å²) in [6.45, 7) is 0.